The van der Waals surface area contributed by atoms with Gasteiger partial charge >= 0.3 is 5.63 Å². The van der Waals surface area contributed by atoms with Gasteiger partial charge in [-0.25, -0.2) is 13.2 Å². The summed E-state index contributed by atoms with van der Waals surface area (Å²) in [7, 11) is -3.95. The highest BCUT2D eigenvalue weighted by atomic mass is 32.2. The highest BCUT2D eigenvalue weighted by Crippen LogP contribution is 2.23. The molecule has 28 heavy (non-hydrogen) atoms. The first kappa shape index (κ1) is 19.6. The van der Waals surface area contributed by atoms with Crippen LogP contribution in [0.1, 0.15) is 30.6 Å². The third-order valence-electron chi connectivity index (χ3n) is 4.31. The van der Waals surface area contributed by atoms with E-state index in [4.69, 9.17) is 4.42 Å². The first-order chi connectivity index (χ1) is 13.3. The molecule has 146 valence electrons. The maximum absolute atomic E-state index is 12.8. The number of sulfonamides is 1. The van der Waals surface area contributed by atoms with Gasteiger partial charge < -0.3 is 9.73 Å². The number of amides is 1. The summed E-state index contributed by atoms with van der Waals surface area (Å²) in [5.74, 6) is -0.354. The fraction of sp³-hybridized carbons (Fsp3) is 0.200. The number of carbonyl (C=O) groups excluding carboxylic acids is 1. The lowest BCUT2D eigenvalue weighted by Gasteiger charge is -2.15. The smallest absolute Gasteiger partial charge is 0.336 e. The van der Waals surface area contributed by atoms with Crippen molar-refractivity contribution in [3.63, 3.8) is 0 Å². The van der Waals surface area contributed by atoms with E-state index in [0.29, 0.717) is 11.0 Å². The second-order valence-electron chi connectivity index (χ2n) is 6.39. The standard InChI is InChI=1S/C20H20N2O5S/c1-3-13(2)21-20(24)16-6-4-5-7-17(16)22-28(25,26)15-9-10-18-14(12-15)8-11-19(23)27-18/h4-13,22H,3H2,1-2H3,(H,21,24). The molecule has 0 fully saturated rings. The number of nitrogens with one attached hydrogen (secondary N) is 2. The fourth-order valence-electron chi connectivity index (χ4n) is 2.59. The molecule has 0 saturated carbocycles. The van der Waals surface area contributed by atoms with Gasteiger partial charge in [-0.1, -0.05) is 19.1 Å². The van der Waals surface area contributed by atoms with Crippen molar-refractivity contribution < 1.29 is 17.6 Å². The van der Waals surface area contributed by atoms with Gasteiger partial charge in [0.2, 0.25) is 0 Å². The summed E-state index contributed by atoms with van der Waals surface area (Å²) in [6.45, 7) is 3.82. The Kier molecular flexibility index (Phi) is 5.51. The molecule has 0 aliphatic heterocycles. The molecule has 2 N–H and O–H groups in total. The minimum Gasteiger partial charge on any atom is -0.423 e. The number of hydrogen-bond acceptors (Lipinski definition) is 5. The molecule has 0 saturated heterocycles. The predicted molar refractivity (Wildman–Crippen MR) is 107 cm³/mol. The molecule has 0 bridgehead atoms. The van der Waals surface area contributed by atoms with Crippen molar-refractivity contribution in [1.82, 2.24) is 5.32 Å². The van der Waals surface area contributed by atoms with E-state index in [9.17, 15) is 18.0 Å². The maximum Gasteiger partial charge on any atom is 0.336 e. The first-order valence-electron chi connectivity index (χ1n) is 8.77. The van der Waals surface area contributed by atoms with Crippen LogP contribution in [0.2, 0.25) is 0 Å². The second-order valence-corrected chi connectivity index (χ2v) is 8.07. The van der Waals surface area contributed by atoms with Gasteiger partial charge in [0, 0.05) is 17.5 Å². The summed E-state index contributed by atoms with van der Waals surface area (Å²) in [5.41, 5.74) is 0.198. The van der Waals surface area contributed by atoms with Gasteiger partial charge in [0.15, 0.2) is 0 Å². The monoisotopic (exact) mass is 400 g/mol. The molecule has 0 aliphatic carbocycles. The summed E-state index contributed by atoms with van der Waals surface area (Å²) in [6, 6.07) is 13.3. The van der Waals surface area contributed by atoms with E-state index in [2.05, 4.69) is 10.0 Å². The largest absolute Gasteiger partial charge is 0.423 e. The molecule has 3 rings (SSSR count). The lowest BCUT2D eigenvalue weighted by atomic mass is 10.1. The van der Waals surface area contributed by atoms with Crippen LogP contribution in [0.5, 0.6) is 0 Å². The van der Waals surface area contributed by atoms with E-state index in [1.165, 1.54) is 36.4 Å². The highest BCUT2D eigenvalue weighted by molar-refractivity contribution is 7.92. The number of anilines is 1. The van der Waals surface area contributed by atoms with Gasteiger partial charge in [-0.2, -0.15) is 0 Å². The van der Waals surface area contributed by atoms with Gasteiger partial charge in [0.25, 0.3) is 15.9 Å². The van der Waals surface area contributed by atoms with Crippen LogP contribution in [0.3, 0.4) is 0 Å². The quantitative estimate of drug-likeness (QED) is 0.619. The Bertz CT molecular complexity index is 1180. The first-order valence-corrected chi connectivity index (χ1v) is 10.2. The van der Waals surface area contributed by atoms with Gasteiger partial charge in [-0.15, -0.1) is 0 Å². The van der Waals surface area contributed by atoms with E-state index >= 15 is 0 Å². The molecule has 1 aromatic heterocycles. The van der Waals surface area contributed by atoms with Crippen molar-refractivity contribution in [2.45, 2.75) is 31.2 Å². The zero-order chi connectivity index (χ0) is 20.3. The average molecular weight is 400 g/mol. The second kappa shape index (κ2) is 7.85. The number of para-hydroxylation sites is 1. The van der Waals surface area contributed by atoms with E-state index in [0.717, 1.165) is 6.42 Å². The molecule has 0 radical (unpaired) electrons. The summed E-state index contributed by atoms with van der Waals surface area (Å²) < 4.78 is 33.2. The summed E-state index contributed by atoms with van der Waals surface area (Å²) >= 11 is 0. The lowest BCUT2D eigenvalue weighted by molar-refractivity contribution is 0.0940. The van der Waals surface area contributed by atoms with Gasteiger partial charge in [0.05, 0.1) is 16.1 Å². The molecule has 2 aromatic carbocycles. The van der Waals surface area contributed by atoms with Gasteiger partial charge in [-0.05, 0) is 49.7 Å². The molecule has 1 amide bonds. The number of hydrogen-bond donors (Lipinski definition) is 2. The number of carbonyl (C=O) groups is 1. The van der Waals surface area contributed by atoms with E-state index in [1.807, 2.05) is 13.8 Å². The average Bonchev–Trinajstić information content (AvgIpc) is 2.67. The van der Waals surface area contributed by atoms with Crippen LogP contribution in [-0.4, -0.2) is 20.4 Å². The molecule has 0 spiro atoms. The van der Waals surface area contributed by atoms with Crippen molar-refractivity contribution in [2.24, 2.45) is 0 Å². The van der Waals surface area contributed by atoms with Gasteiger partial charge in [-0.3, -0.25) is 9.52 Å². The molecule has 1 atom stereocenters. The molecule has 1 unspecified atom stereocenters. The third-order valence-corrected chi connectivity index (χ3v) is 5.67. The zero-order valence-corrected chi connectivity index (χ0v) is 16.2. The fourth-order valence-corrected chi connectivity index (χ4v) is 3.71. The normalized spacial score (nSPS) is 12.5. The molecular weight excluding hydrogens is 380 g/mol. The molecule has 3 aromatic rings. The van der Waals surface area contributed by atoms with Crippen molar-refractivity contribution in [2.75, 3.05) is 4.72 Å². The molecule has 7 nitrogen and oxygen atoms in total. The zero-order valence-electron chi connectivity index (χ0n) is 15.4. The number of benzene rings is 2. The summed E-state index contributed by atoms with van der Waals surface area (Å²) in [6.07, 6.45) is 0.757. The van der Waals surface area contributed by atoms with Crippen LogP contribution >= 0.6 is 0 Å². The topological polar surface area (TPSA) is 105 Å². The van der Waals surface area contributed by atoms with Crippen molar-refractivity contribution in [3.8, 4) is 0 Å². The van der Waals surface area contributed by atoms with Crippen LogP contribution in [0.25, 0.3) is 11.0 Å². The van der Waals surface area contributed by atoms with Crippen LogP contribution in [-0.2, 0) is 10.0 Å². The summed E-state index contributed by atoms with van der Waals surface area (Å²) in [5, 5.41) is 3.30. The Balaban J connectivity index is 1.94. The highest BCUT2D eigenvalue weighted by Gasteiger charge is 2.19. The Labute approximate surface area is 162 Å². The Morgan fingerprint density at radius 1 is 1.11 bits per heavy atom. The van der Waals surface area contributed by atoms with Gasteiger partial charge in [0.1, 0.15) is 5.58 Å². The molecule has 1 heterocycles. The third kappa shape index (κ3) is 4.23. The van der Waals surface area contributed by atoms with E-state index in [-0.39, 0.29) is 28.1 Å². The van der Waals surface area contributed by atoms with E-state index in [1.54, 1.807) is 18.2 Å². The van der Waals surface area contributed by atoms with Crippen molar-refractivity contribution in [3.05, 3.63) is 70.6 Å². The lowest BCUT2D eigenvalue weighted by Crippen LogP contribution is -2.32. The summed E-state index contributed by atoms with van der Waals surface area (Å²) in [4.78, 5) is 23.7. The molecular formula is C20H20N2O5S. The molecule has 0 aliphatic rings. The van der Waals surface area contributed by atoms with Crippen molar-refractivity contribution in [1.29, 1.82) is 0 Å². The van der Waals surface area contributed by atoms with E-state index < -0.39 is 15.6 Å². The van der Waals surface area contributed by atoms with Crippen LogP contribution < -0.4 is 15.7 Å². The minimum absolute atomic E-state index is 0.00835. The van der Waals surface area contributed by atoms with Crippen LogP contribution in [0, 0.1) is 0 Å². The Hall–Kier alpha value is -3.13. The molecule has 8 heteroatoms. The number of fused-ring (bicyclic) bond motifs is 1. The Morgan fingerprint density at radius 2 is 1.86 bits per heavy atom. The van der Waals surface area contributed by atoms with Crippen LogP contribution in [0.4, 0.5) is 5.69 Å². The Morgan fingerprint density at radius 3 is 2.61 bits per heavy atom. The number of rotatable bonds is 6. The predicted octanol–water partition coefficient (Wildman–Crippen LogP) is 3.12. The SMILES string of the molecule is CCC(C)NC(=O)c1ccccc1NS(=O)(=O)c1ccc2oc(=O)ccc2c1. The van der Waals surface area contributed by atoms with Crippen LogP contribution in [0.15, 0.2) is 68.7 Å². The van der Waals surface area contributed by atoms with Crippen molar-refractivity contribution >= 4 is 32.6 Å². The maximum atomic E-state index is 12.8. The minimum atomic E-state index is -3.95.